The molecule has 0 fully saturated rings. The Hall–Kier alpha value is -1.82. The van der Waals surface area contributed by atoms with Gasteiger partial charge in [-0.05, 0) is 30.9 Å². The largest absolute Gasteiger partial charge is 0.343 e. The fourth-order valence-electron chi connectivity index (χ4n) is 2.53. The van der Waals surface area contributed by atoms with E-state index < -0.39 is 0 Å². The van der Waals surface area contributed by atoms with Crippen LogP contribution < -0.4 is 5.32 Å². The fraction of sp³-hybridized carbons (Fsp3) is 0.438. The highest BCUT2D eigenvalue weighted by Crippen LogP contribution is 2.37. The Kier molecular flexibility index (Phi) is 4.20. The molecule has 2 aromatic rings. The van der Waals surface area contributed by atoms with Gasteiger partial charge in [0.25, 0.3) is 0 Å². The number of carbonyl (C=O) groups excluding carboxylic acids is 1. The number of hydrogen-bond acceptors (Lipinski definition) is 5. The number of aromatic nitrogens is 2. The Labute approximate surface area is 133 Å². The van der Waals surface area contributed by atoms with Gasteiger partial charge in [0.05, 0.1) is 5.25 Å². The molecule has 2 unspecified atom stereocenters. The first-order chi connectivity index (χ1) is 10.5. The Morgan fingerprint density at radius 1 is 1.41 bits per heavy atom. The number of thioether (sulfide) groups is 1. The van der Waals surface area contributed by atoms with E-state index in [1.807, 2.05) is 26.0 Å². The molecule has 0 aliphatic carbocycles. The zero-order chi connectivity index (χ0) is 15.7. The highest BCUT2D eigenvalue weighted by Gasteiger charge is 2.31. The molecule has 2 atom stereocenters. The number of rotatable bonds is 4. The van der Waals surface area contributed by atoms with Crippen LogP contribution in [0.2, 0.25) is 0 Å². The summed E-state index contributed by atoms with van der Waals surface area (Å²) in [6.45, 7) is 5.83. The van der Waals surface area contributed by atoms with Crippen LogP contribution in [0.15, 0.2) is 33.7 Å². The van der Waals surface area contributed by atoms with Crippen LogP contribution in [0.1, 0.15) is 37.2 Å². The fourth-order valence-corrected chi connectivity index (χ4v) is 3.73. The van der Waals surface area contributed by atoms with Crippen LogP contribution in [0.5, 0.6) is 0 Å². The van der Waals surface area contributed by atoms with Crippen LogP contribution in [0, 0.1) is 12.8 Å². The lowest BCUT2D eigenvalue weighted by molar-refractivity contribution is -0.121. The second kappa shape index (κ2) is 6.12. The van der Waals surface area contributed by atoms with E-state index in [1.54, 1.807) is 18.7 Å². The smallest absolute Gasteiger partial charge is 0.249 e. The monoisotopic (exact) mass is 317 g/mol. The number of carbonyl (C=O) groups is 1. The molecule has 0 radical (unpaired) electrons. The van der Waals surface area contributed by atoms with Crippen molar-refractivity contribution in [2.75, 3.05) is 0 Å². The molecule has 0 spiro atoms. The zero-order valence-corrected chi connectivity index (χ0v) is 13.7. The molecule has 22 heavy (non-hydrogen) atoms. The summed E-state index contributed by atoms with van der Waals surface area (Å²) in [5.41, 5.74) is 1.24. The van der Waals surface area contributed by atoms with Crippen molar-refractivity contribution in [1.82, 2.24) is 15.5 Å². The maximum Gasteiger partial charge on any atom is 0.249 e. The molecular formula is C16H19N3O2S. The molecule has 1 aliphatic heterocycles. The topological polar surface area (TPSA) is 68.0 Å². The normalized spacial score (nSPS) is 18.3. The molecule has 5 nitrogen and oxygen atoms in total. The second-order valence-corrected chi connectivity index (χ2v) is 7.07. The lowest BCUT2D eigenvalue weighted by atomic mass is 10.0. The molecule has 3 rings (SSSR count). The van der Waals surface area contributed by atoms with E-state index >= 15 is 0 Å². The number of amides is 1. The molecule has 0 saturated carbocycles. The highest BCUT2D eigenvalue weighted by atomic mass is 32.2. The van der Waals surface area contributed by atoms with Crippen molar-refractivity contribution in [3.8, 4) is 0 Å². The third-order valence-electron chi connectivity index (χ3n) is 3.71. The molecule has 1 aliphatic rings. The van der Waals surface area contributed by atoms with Crippen molar-refractivity contribution < 1.29 is 9.32 Å². The molecule has 6 heteroatoms. The summed E-state index contributed by atoms with van der Waals surface area (Å²) >= 11 is 1.62. The van der Waals surface area contributed by atoms with E-state index in [2.05, 4.69) is 27.6 Å². The Morgan fingerprint density at radius 2 is 2.18 bits per heavy atom. The first-order valence-electron chi connectivity index (χ1n) is 7.39. The van der Waals surface area contributed by atoms with Gasteiger partial charge < -0.3 is 9.84 Å². The van der Waals surface area contributed by atoms with Crippen molar-refractivity contribution >= 4 is 17.7 Å². The number of nitrogens with zero attached hydrogens (tertiary/aromatic N) is 2. The van der Waals surface area contributed by atoms with E-state index in [9.17, 15) is 4.79 Å². The zero-order valence-electron chi connectivity index (χ0n) is 12.9. The average Bonchev–Trinajstić information content (AvgIpc) is 3.10. The van der Waals surface area contributed by atoms with Crippen LogP contribution in [0.4, 0.5) is 0 Å². The Morgan fingerprint density at radius 3 is 2.82 bits per heavy atom. The first kappa shape index (κ1) is 15.1. The summed E-state index contributed by atoms with van der Waals surface area (Å²) in [4.78, 5) is 18.0. The number of aryl methyl sites for hydroxylation is 1. The van der Waals surface area contributed by atoms with E-state index in [4.69, 9.17) is 4.52 Å². The maximum atomic E-state index is 12.6. The molecule has 1 amide bonds. The number of nitrogens with one attached hydrogen (secondary N) is 1. The molecule has 1 aromatic carbocycles. The first-order valence-corrected chi connectivity index (χ1v) is 8.27. The van der Waals surface area contributed by atoms with Gasteiger partial charge in [-0.25, -0.2) is 0 Å². The van der Waals surface area contributed by atoms with Gasteiger partial charge in [-0.2, -0.15) is 4.98 Å². The maximum absolute atomic E-state index is 12.6. The molecule has 0 bridgehead atoms. The van der Waals surface area contributed by atoms with Gasteiger partial charge in [0.2, 0.25) is 11.8 Å². The SMILES string of the molecule is Cc1noc(C(NC(=O)C2Cc3ccccc3S2)C(C)C)n1. The van der Waals surface area contributed by atoms with Crippen molar-refractivity contribution in [2.45, 2.75) is 43.4 Å². The highest BCUT2D eigenvalue weighted by molar-refractivity contribution is 8.01. The average molecular weight is 317 g/mol. The summed E-state index contributed by atoms with van der Waals surface area (Å²) in [6, 6.07) is 7.91. The molecule has 1 aromatic heterocycles. The van der Waals surface area contributed by atoms with Crippen LogP contribution in [-0.2, 0) is 11.2 Å². The standard InChI is InChI=1S/C16H19N3O2S/c1-9(2)14(16-17-10(3)19-21-16)18-15(20)13-8-11-6-4-5-7-12(11)22-13/h4-7,9,13-14H,8H2,1-3H3,(H,18,20). The van der Waals surface area contributed by atoms with Gasteiger partial charge in [-0.3, -0.25) is 4.79 Å². The Bertz CT molecular complexity index is 659. The van der Waals surface area contributed by atoms with Gasteiger partial charge >= 0.3 is 0 Å². The molecular weight excluding hydrogens is 298 g/mol. The summed E-state index contributed by atoms with van der Waals surface area (Å²) < 4.78 is 5.23. The number of hydrogen-bond donors (Lipinski definition) is 1. The summed E-state index contributed by atoms with van der Waals surface area (Å²) in [7, 11) is 0. The minimum atomic E-state index is -0.252. The third kappa shape index (κ3) is 3.02. The van der Waals surface area contributed by atoms with Crippen molar-refractivity contribution in [2.24, 2.45) is 5.92 Å². The van der Waals surface area contributed by atoms with Gasteiger partial charge in [0, 0.05) is 4.90 Å². The van der Waals surface area contributed by atoms with Crippen LogP contribution in [0.3, 0.4) is 0 Å². The van der Waals surface area contributed by atoms with E-state index in [0.29, 0.717) is 11.7 Å². The van der Waals surface area contributed by atoms with Crippen LogP contribution in [0.25, 0.3) is 0 Å². The van der Waals surface area contributed by atoms with E-state index in [-0.39, 0.29) is 23.1 Å². The van der Waals surface area contributed by atoms with Gasteiger partial charge in [-0.1, -0.05) is 37.2 Å². The predicted octanol–water partition coefficient (Wildman–Crippen LogP) is 2.91. The van der Waals surface area contributed by atoms with Crippen molar-refractivity contribution in [3.05, 3.63) is 41.5 Å². The quantitative estimate of drug-likeness (QED) is 0.939. The molecule has 0 saturated heterocycles. The lowest BCUT2D eigenvalue weighted by Crippen LogP contribution is -2.37. The third-order valence-corrected chi connectivity index (χ3v) is 5.03. The van der Waals surface area contributed by atoms with Crippen molar-refractivity contribution in [3.63, 3.8) is 0 Å². The summed E-state index contributed by atoms with van der Waals surface area (Å²) in [5, 5.41) is 6.79. The van der Waals surface area contributed by atoms with Gasteiger partial charge in [0.1, 0.15) is 6.04 Å². The van der Waals surface area contributed by atoms with Crippen molar-refractivity contribution in [1.29, 1.82) is 0 Å². The minimum Gasteiger partial charge on any atom is -0.343 e. The summed E-state index contributed by atoms with van der Waals surface area (Å²) in [6.07, 6.45) is 0.764. The Balaban J connectivity index is 1.70. The van der Waals surface area contributed by atoms with Gasteiger partial charge in [0.15, 0.2) is 5.82 Å². The number of benzene rings is 1. The van der Waals surface area contributed by atoms with E-state index in [1.165, 1.54) is 10.5 Å². The second-order valence-electron chi connectivity index (χ2n) is 5.83. The lowest BCUT2D eigenvalue weighted by Gasteiger charge is -2.20. The minimum absolute atomic E-state index is 0.0238. The van der Waals surface area contributed by atoms with Crippen LogP contribution >= 0.6 is 11.8 Å². The molecule has 2 heterocycles. The van der Waals surface area contributed by atoms with Crippen LogP contribution in [-0.4, -0.2) is 21.3 Å². The number of fused-ring (bicyclic) bond motifs is 1. The molecule has 1 N–H and O–H groups in total. The van der Waals surface area contributed by atoms with E-state index in [0.717, 1.165) is 6.42 Å². The van der Waals surface area contributed by atoms with Gasteiger partial charge in [-0.15, -0.1) is 11.8 Å². The predicted molar refractivity (Wildman–Crippen MR) is 84.5 cm³/mol. The summed E-state index contributed by atoms with van der Waals surface area (Å²) in [5.74, 6) is 1.26. The molecule has 116 valence electrons.